The van der Waals surface area contributed by atoms with Gasteiger partial charge in [0, 0.05) is 17.1 Å². The average Bonchev–Trinajstić information content (AvgIpc) is 3.34. The van der Waals surface area contributed by atoms with E-state index in [0.29, 0.717) is 0 Å². The second-order valence-electron chi connectivity index (χ2n) is 15.8. The molecule has 0 saturated carbocycles. The molecule has 0 aliphatic carbocycles. The van der Waals surface area contributed by atoms with Crippen molar-refractivity contribution >= 4 is 49.4 Å². The van der Waals surface area contributed by atoms with Crippen molar-refractivity contribution in [1.82, 2.24) is 0 Å². The Kier molecular flexibility index (Phi) is 9.26. The van der Waals surface area contributed by atoms with Crippen LogP contribution >= 0.6 is 0 Å². The predicted molar refractivity (Wildman–Crippen MR) is 261 cm³/mol. The first-order valence-corrected chi connectivity index (χ1v) is 21.0. The number of benzene rings is 11. The normalized spacial score (nSPS) is 11.3. The van der Waals surface area contributed by atoms with Crippen molar-refractivity contribution in [2.24, 2.45) is 0 Å². The van der Waals surface area contributed by atoms with E-state index in [2.05, 4.69) is 254 Å². The van der Waals surface area contributed by atoms with Crippen LogP contribution in [0.4, 0.5) is 17.1 Å². The lowest BCUT2D eigenvalue weighted by Gasteiger charge is -2.26. The summed E-state index contributed by atoms with van der Waals surface area (Å²) < 4.78 is 0. The van der Waals surface area contributed by atoms with E-state index in [1.165, 1.54) is 88.0 Å². The largest absolute Gasteiger partial charge is 0.310 e. The first kappa shape index (κ1) is 36.1. The third-order valence-electron chi connectivity index (χ3n) is 12.0. The zero-order valence-corrected chi connectivity index (χ0v) is 33.6. The first-order valence-electron chi connectivity index (χ1n) is 21.0. The number of hydrogen-bond donors (Lipinski definition) is 0. The zero-order chi connectivity index (χ0) is 40.5. The van der Waals surface area contributed by atoms with Crippen LogP contribution in [0.5, 0.6) is 0 Å². The van der Waals surface area contributed by atoms with Crippen LogP contribution in [0, 0.1) is 0 Å². The minimum Gasteiger partial charge on any atom is -0.310 e. The summed E-state index contributed by atoms with van der Waals surface area (Å²) in [7, 11) is 0. The summed E-state index contributed by atoms with van der Waals surface area (Å²) >= 11 is 0. The Balaban J connectivity index is 1.03. The molecule has 0 amide bonds. The van der Waals surface area contributed by atoms with E-state index >= 15 is 0 Å². The topological polar surface area (TPSA) is 3.24 Å². The van der Waals surface area contributed by atoms with Crippen LogP contribution in [0.25, 0.3) is 88.0 Å². The third kappa shape index (κ3) is 7.03. The van der Waals surface area contributed by atoms with Gasteiger partial charge >= 0.3 is 0 Å². The lowest BCUT2D eigenvalue weighted by molar-refractivity contribution is 1.28. The van der Waals surface area contributed by atoms with Gasteiger partial charge in [-0.3, -0.25) is 0 Å². The zero-order valence-electron chi connectivity index (χ0n) is 33.6. The lowest BCUT2D eigenvalue weighted by Crippen LogP contribution is -2.10. The minimum atomic E-state index is 1.09. The molecule has 286 valence electrons. The monoisotopic (exact) mass is 775 g/mol. The highest BCUT2D eigenvalue weighted by atomic mass is 15.1. The maximum absolute atomic E-state index is 2.39. The minimum absolute atomic E-state index is 1.09. The van der Waals surface area contributed by atoms with Crippen molar-refractivity contribution in [2.45, 2.75) is 0 Å². The Morgan fingerprint density at radius 2 is 0.672 bits per heavy atom. The van der Waals surface area contributed by atoms with Crippen LogP contribution in [-0.2, 0) is 0 Å². The quantitative estimate of drug-likeness (QED) is 0.139. The molecule has 11 aromatic carbocycles. The number of fused-ring (bicyclic) bond motifs is 4. The molecule has 0 aliphatic rings. The molecular weight excluding hydrogens is 735 g/mol. The molecule has 0 spiro atoms. The molecule has 0 bridgehead atoms. The summed E-state index contributed by atoms with van der Waals surface area (Å²) in [5.74, 6) is 0. The summed E-state index contributed by atoms with van der Waals surface area (Å²) in [6.07, 6.45) is 0. The standard InChI is InChI=1S/C60H41N/c1-3-13-42(14-4-1)45-27-32-54(33-28-45)61(55-34-29-46(30-35-55)49-21-11-20-48(37-49)43-15-5-2-6-16-43)56-23-12-22-52(39-56)59-41-53-19-9-10-24-57(53)58-36-31-51(40-60(58)59)50-26-25-44-17-7-8-18-47(44)38-50/h1-41H. The van der Waals surface area contributed by atoms with Crippen molar-refractivity contribution in [3.63, 3.8) is 0 Å². The molecule has 11 rings (SSSR count). The second-order valence-corrected chi connectivity index (χ2v) is 15.8. The fraction of sp³-hybridized carbons (Fsp3) is 0. The van der Waals surface area contributed by atoms with Crippen LogP contribution in [-0.4, -0.2) is 0 Å². The predicted octanol–water partition coefficient (Wildman–Crippen LogP) is 17.0. The van der Waals surface area contributed by atoms with E-state index in [4.69, 9.17) is 0 Å². The molecule has 0 aromatic heterocycles. The van der Waals surface area contributed by atoms with Crippen LogP contribution in [0.3, 0.4) is 0 Å². The molecule has 0 unspecified atom stereocenters. The van der Waals surface area contributed by atoms with E-state index in [9.17, 15) is 0 Å². The molecule has 0 saturated heterocycles. The Bertz CT molecular complexity index is 3330. The third-order valence-corrected chi connectivity index (χ3v) is 12.0. The highest BCUT2D eigenvalue weighted by Gasteiger charge is 2.17. The molecule has 0 heterocycles. The summed E-state index contributed by atoms with van der Waals surface area (Å²) in [5, 5.41) is 7.48. The molecule has 1 heteroatoms. The van der Waals surface area contributed by atoms with Gasteiger partial charge in [0.2, 0.25) is 0 Å². The first-order chi connectivity index (χ1) is 30.2. The fourth-order valence-electron chi connectivity index (χ4n) is 8.90. The van der Waals surface area contributed by atoms with Gasteiger partial charge in [0.1, 0.15) is 0 Å². The number of rotatable bonds is 8. The fourth-order valence-corrected chi connectivity index (χ4v) is 8.90. The highest BCUT2D eigenvalue weighted by molar-refractivity contribution is 6.15. The molecule has 0 N–H and O–H groups in total. The summed E-state index contributed by atoms with van der Waals surface area (Å²) in [6.45, 7) is 0. The van der Waals surface area contributed by atoms with Crippen molar-refractivity contribution in [3.8, 4) is 55.6 Å². The van der Waals surface area contributed by atoms with Crippen molar-refractivity contribution in [2.75, 3.05) is 4.90 Å². The Labute approximate surface area is 357 Å². The van der Waals surface area contributed by atoms with Gasteiger partial charge < -0.3 is 4.90 Å². The molecule has 11 aromatic rings. The van der Waals surface area contributed by atoms with Crippen LogP contribution in [0.2, 0.25) is 0 Å². The van der Waals surface area contributed by atoms with Gasteiger partial charge in [-0.05, 0) is 149 Å². The number of anilines is 3. The van der Waals surface area contributed by atoms with Crippen molar-refractivity contribution in [1.29, 1.82) is 0 Å². The van der Waals surface area contributed by atoms with Gasteiger partial charge in [0.25, 0.3) is 0 Å². The molecule has 61 heavy (non-hydrogen) atoms. The smallest absolute Gasteiger partial charge is 0.0467 e. The highest BCUT2D eigenvalue weighted by Crippen LogP contribution is 2.42. The van der Waals surface area contributed by atoms with Gasteiger partial charge in [0.15, 0.2) is 0 Å². The van der Waals surface area contributed by atoms with Gasteiger partial charge in [-0.1, -0.05) is 188 Å². The van der Waals surface area contributed by atoms with Crippen LogP contribution < -0.4 is 4.90 Å². The van der Waals surface area contributed by atoms with Crippen LogP contribution in [0.15, 0.2) is 249 Å². The maximum atomic E-state index is 2.39. The van der Waals surface area contributed by atoms with E-state index in [1.54, 1.807) is 0 Å². The van der Waals surface area contributed by atoms with Crippen LogP contribution in [0.1, 0.15) is 0 Å². The molecule has 0 aliphatic heterocycles. The molecule has 0 atom stereocenters. The maximum Gasteiger partial charge on any atom is 0.0467 e. The van der Waals surface area contributed by atoms with Gasteiger partial charge in [0.05, 0.1) is 0 Å². The average molecular weight is 776 g/mol. The number of hydrogen-bond acceptors (Lipinski definition) is 1. The lowest BCUT2D eigenvalue weighted by atomic mass is 9.90. The summed E-state index contributed by atoms with van der Waals surface area (Å²) in [6, 6.07) is 90.5. The van der Waals surface area contributed by atoms with Crippen molar-refractivity contribution < 1.29 is 0 Å². The summed E-state index contributed by atoms with van der Waals surface area (Å²) in [5.41, 5.74) is 15.3. The SMILES string of the molecule is c1ccc(-c2ccc(N(c3ccc(-c4cccc(-c5ccccc5)c4)cc3)c3cccc(-c4cc5ccccc5c5ccc(-c6ccc7ccccc7c6)cc45)c3)cc2)cc1. The van der Waals surface area contributed by atoms with E-state index in [1.807, 2.05) is 0 Å². The molecule has 0 fully saturated rings. The van der Waals surface area contributed by atoms with Crippen molar-refractivity contribution in [3.05, 3.63) is 249 Å². The van der Waals surface area contributed by atoms with E-state index < -0.39 is 0 Å². The van der Waals surface area contributed by atoms with Gasteiger partial charge in [-0.25, -0.2) is 0 Å². The van der Waals surface area contributed by atoms with E-state index in [0.717, 1.165) is 17.1 Å². The Hall–Kier alpha value is -8.00. The molecule has 1 nitrogen and oxygen atoms in total. The molecule has 0 radical (unpaired) electrons. The number of nitrogens with zero attached hydrogens (tertiary/aromatic N) is 1. The van der Waals surface area contributed by atoms with Gasteiger partial charge in [-0.2, -0.15) is 0 Å². The Morgan fingerprint density at radius 3 is 1.38 bits per heavy atom. The van der Waals surface area contributed by atoms with Gasteiger partial charge in [-0.15, -0.1) is 0 Å². The molecular formula is C60H41N. The van der Waals surface area contributed by atoms with E-state index in [-0.39, 0.29) is 0 Å². The summed E-state index contributed by atoms with van der Waals surface area (Å²) in [4.78, 5) is 2.38. The second kappa shape index (κ2) is 15.6. The Morgan fingerprint density at radius 1 is 0.197 bits per heavy atom.